The van der Waals surface area contributed by atoms with Crippen LogP contribution in [-0.2, 0) is 0 Å². The van der Waals surface area contributed by atoms with Gasteiger partial charge in [-0.1, -0.05) is 42.5 Å². The van der Waals surface area contributed by atoms with Crippen LogP contribution in [0.1, 0.15) is 0 Å². The zero-order valence-corrected chi connectivity index (χ0v) is 8.41. The standard InChI is InChI=1S/C13H11FO/c1-15-13-11(8-5-9-12(13)14)10-6-3-2-4-7-10/h2-9H,1H3. The van der Waals surface area contributed by atoms with Crippen LogP contribution in [0.3, 0.4) is 0 Å². The van der Waals surface area contributed by atoms with Gasteiger partial charge in [-0.25, -0.2) is 4.39 Å². The molecule has 0 radical (unpaired) electrons. The summed E-state index contributed by atoms with van der Waals surface area (Å²) >= 11 is 0. The van der Waals surface area contributed by atoms with Crippen LogP contribution in [0.15, 0.2) is 48.5 Å². The summed E-state index contributed by atoms with van der Waals surface area (Å²) in [6, 6.07) is 14.5. The Labute approximate surface area is 88.1 Å². The molecular weight excluding hydrogens is 191 g/mol. The molecule has 1 nitrogen and oxygen atoms in total. The molecule has 2 heteroatoms. The Morgan fingerprint density at radius 2 is 1.67 bits per heavy atom. The minimum absolute atomic E-state index is 0.295. The summed E-state index contributed by atoms with van der Waals surface area (Å²) in [5, 5.41) is 0. The van der Waals surface area contributed by atoms with Crippen LogP contribution in [0.4, 0.5) is 4.39 Å². The Bertz CT molecular complexity index is 451. The SMILES string of the molecule is COc1c(F)cccc1-c1ccccc1. The van der Waals surface area contributed by atoms with E-state index in [1.165, 1.54) is 13.2 Å². The third-order valence-electron chi connectivity index (χ3n) is 2.26. The van der Waals surface area contributed by atoms with Crippen molar-refractivity contribution in [1.82, 2.24) is 0 Å². The van der Waals surface area contributed by atoms with Gasteiger partial charge in [0.2, 0.25) is 0 Å². The third-order valence-corrected chi connectivity index (χ3v) is 2.26. The largest absolute Gasteiger partial charge is 0.493 e. The summed E-state index contributed by atoms with van der Waals surface area (Å²) in [7, 11) is 1.48. The molecular formula is C13H11FO. The highest BCUT2D eigenvalue weighted by Crippen LogP contribution is 2.31. The fourth-order valence-corrected chi connectivity index (χ4v) is 1.56. The van der Waals surface area contributed by atoms with Gasteiger partial charge in [-0.3, -0.25) is 0 Å². The molecule has 76 valence electrons. The molecule has 0 amide bonds. The van der Waals surface area contributed by atoms with Crippen molar-refractivity contribution in [3.05, 3.63) is 54.3 Å². The van der Waals surface area contributed by atoms with Crippen LogP contribution in [-0.4, -0.2) is 7.11 Å². The van der Waals surface area contributed by atoms with E-state index in [0.29, 0.717) is 5.75 Å². The van der Waals surface area contributed by atoms with Gasteiger partial charge in [-0.05, 0) is 11.6 Å². The van der Waals surface area contributed by atoms with Crippen molar-refractivity contribution in [2.24, 2.45) is 0 Å². The first-order valence-corrected chi connectivity index (χ1v) is 4.71. The summed E-state index contributed by atoms with van der Waals surface area (Å²) in [5.41, 5.74) is 1.73. The second-order valence-electron chi connectivity index (χ2n) is 3.19. The average molecular weight is 202 g/mol. The lowest BCUT2D eigenvalue weighted by atomic mass is 10.0. The highest BCUT2D eigenvalue weighted by atomic mass is 19.1. The minimum atomic E-state index is -0.334. The highest BCUT2D eigenvalue weighted by molar-refractivity contribution is 5.70. The second kappa shape index (κ2) is 4.13. The van der Waals surface area contributed by atoms with Crippen molar-refractivity contribution >= 4 is 0 Å². The molecule has 0 fully saturated rings. The maximum absolute atomic E-state index is 13.4. The molecule has 0 aliphatic carbocycles. The molecule has 0 heterocycles. The molecule has 0 aliphatic heterocycles. The third kappa shape index (κ3) is 1.84. The van der Waals surface area contributed by atoms with Gasteiger partial charge in [-0.15, -0.1) is 0 Å². The predicted molar refractivity (Wildman–Crippen MR) is 58.4 cm³/mol. The number of ether oxygens (including phenoxy) is 1. The molecule has 0 atom stereocenters. The number of hydrogen-bond acceptors (Lipinski definition) is 1. The van der Waals surface area contributed by atoms with Crippen molar-refractivity contribution < 1.29 is 9.13 Å². The van der Waals surface area contributed by atoms with E-state index in [1.807, 2.05) is 36.4 Å². The van der Waals surface area contributed by atoms with E-state index in [4.69, 9.17) is 4.74 Å². The van der Waals surface area contributed by atoms with Gasteiger partial charge in [0.05, 0.1) is 7.11 Å². The lowest BCUT2D eigenvalue weighted by molar-refractivity contribution is 0.388. The first kappa shape index (κ1) is 9.71. The smallest absolute Gasteiger partial charge is 0.165 e. The summed E-state index contributed by atoms with van der Waals surface area (Å²) in [4.78, 5) is 0. The van der Waals surface area contributed by atoms with Gasteiger partial charge >= 0.3 is 0 Å². The van der Waals surface area contributed by atoms with E-state index >= 15 is 0 Å². The molecule has 2 aromatic rings. The van der Waals surface area contributed by atoms with Crippen molar-refractivity contribution in [2.45, 2.75) is 0 Å². The molecule has 0 unspecified atom stereocenters. The van der Waals surface area contributed by atoms with E-state index in [1.54, 1.807) is 6.07 Å². The summed E-state index contributed by atoms with van der Waals surface area (Å²) in [6.07, 6.45) is 0. The van der Waals surface area contributed by atoms with Gasteiger partial charge in [-0.2, -0.15) is 0 Å². The van der Waals surface area contributed by atoms with E-state index in [-0.39, 0.29) is 5.82 Å². The van der Waals surface area contributed by atoms with Crippen molar-refractivity contribution in [3.63, 3.8) is 0 Å². The fraction of sp³-hybridized carbons (Fsp3) is 0.0769. The van der Waals surface area contributed by atoms with Crippen LogP contribution < -0.4 is 4.74 Å². The molecule has 0 saturated carbocycles. The van der Waals surface area contributed by atoms with Crippen molar-refractivity contribution in [1.29, 1.82) is 0 Å². The number of halogens is 1. The quantitative estimate of drug-likeness (QED) is 0.724. The van der Waals surface area contributed by atoms with Gasteiger partial charge in [0.15, 0.2) is 11.6 Å². The second-order valence-corrected chi connectivity index (χ2v) is 3.19. The lowest BCUT2D eigenvalue weighted by Gasteiger charge is -2.08. The molecule has 0 bridgehead atoms. The zero-order chi connectivity index (χ0) is 10.7. The first-order chi connectivity index (χ1) is 7.33. The number of para-hydroxylation sites is 1. The Hall–Kier alpha value is -1.83. The highest BCUT2D eigenvalue weighted by Gasteiger charge is 2.09. The summed E-state index contributed by atoms with van der Waals surface area (Å²) in [6.45, 7) is 0. The monoisotopic (exact) mass is 202 g/mol. The molecule has 0 N–H and O–H groups in total. The number of methoxy groups -OCH3 is 1. The van der Waals surface area contributed by atoms with E-state index in [2.05, 4.69) is 0 Å². The summed E-state index contributed by atoms with van der Waals surface area (Å²) in [5.74, 6) is -0.0393. The van der Waals surface area contributed by atoms with Crippen molar-refractivity contribution in [3.8, 4) is 16.9 Å². The molecule has 15 heavy (non-hydrogen) atoms. The lowest BCUT2D eigenvalue weighted by Crippen LogP contribution is -1.91. The van der Waals surface area contributed by atoms with E-state index in [0.717, 1.165) is 11.1 Å². The van der Waals surface area contributed by atoms with E-state index < -0.39 is 0 Å². The summed E-state index contributed by atoms with van der Waals surface area (Å²) < 4.78 is 18.5. The predicted octanol–water partition coefficient (Wildman–Crippen LogP) is 3.50. The van der Waals surface area contributed by atoms with E-state index in [9.17, 15) is 4.39 Å². The number of rotatable bonds is 2. The minimum Gasteiger partial charge on any atom is -0.493 e. The molecule has 2 aromatic carbocycles. The normalized spacial score (nSPS) is 10.0. The van der Waals surface area contributed by atoms with Crippen LogP contribution in [0.5, 0.6) is 5.75 Å². The zero-order valence-electron chi connectivity index (χ0n) is 8.41. The number of benzene rings is 2. The van der Waals surface area contributed by atoms with Gasteiger partial charge in [0.25, 0.3) is 0 Å². The van der Waals surface area contributed by atoms with Crippen LogP contribution >= 0.6 is 0 Å². The molecule has 0 aromatic heterocycles. The van der Waals surface area contributed by atoms with Crippen molar-refractivity contribution in [2.75, 3.05) is 7.11 Å². The Morgan fingerprint density at radius 1 is 0.933 bits per heavy atom. The molecule has 0 aliphatic rings. The maximum atomic E-state index is 13.4. The van der Waals surface area contributed by atoms with Gasteiger partial charge in [0.1, 0.15) is 0 Å². The average Bonchev–Trinajstić information content (AvgIpc) is 2.30. The topological polar surface area (TPSA) is 9.23 Å². The Kier molecular flexibility index (Phi) is 2.68. The Balaban J connectivity index is 2.58. The van der Waals surface area contributed by atoms with Crippen LogP contribution in [0.25, 0.3) is 11.1 Å². The number of hydrogen-bond donors (Lipinski definition) is 0. The molecule has 0 spiro atoms. The van der Waals surface area contributed by atoms with Gasteiger partial charge in [0, 0.05) is 5.56 Å². The molecule has 2 rings (SSSR count). The van der Waals surface area contributed by atoms with Gasteiger partial charge < -0.3 is 4.74 Å². The van der Waals surface area contributed by atoms with Crippen LogP contribution in [0.2, 0.25) is 0 Å². The maximum Gasteiger partial charge on any atom is 0.165 e. The first-order valence-electron chi connectivity index (χ1n) is 4.71. The van der Waals surface area contributed by atoms with Crippen LogP contribution in [0, 0.1) is 5.82 Å². The Morgan fingerprint density at radius 3 is 2.33 bits per heavy atom. The molecule has 0 saturated heterocycles. The fourth-order valence-electron chi connectivity index (χ4n) is 1.56.